The molecule has 7 heteroatoms. The van der Waals surface area contributed by atoms with Crippen molar-refractivity contribution in [2.75, 3.05) is 26.2 Å². The highest BCUT2D eigenvalue weighted by Gasteiger charge is 2.23. The number of carbonyl (C=O) groups excluding carboxylic acids is 1. The molecule has 0 atom stereocenters. The van der Waals surface area contributed by atoms with E-state index in [1.807, 2.05) is 54.4 Å². The van der Waals surface area contributed by atoms with Crippen LogP contribution in [0, 0.1) is 6.92 Å². The molecule has 0 spiro atoms. The smallest absolute Gasteiger partial charge is 0.253 e. The molecular weight excluding hydrogens is 390 g/mol. The summed E-state index contributed by atoms with van der Waals surface area (Å²) in [5.74, 6) is 1.40. The summed E-state index contributed by atoms with van der Waals surface area (Å²) in [6, 6.07) is 16.0. The van der Waals surface area contributed by atoms with Gasteiger partial charge >= 0.3 is 0 Å². The number of amides is 1. The molecule has 2 aromatic carbocycles. The zero-order valence-electron chi connectivity index (χ0n) is 17.5. The molecule has 3 heterocycles. The van der Waals surface area contributed by atoms with E-state index in [9.17, 15) is 4.79 Å². The van der Waals surface area contributed by atoms with E-state index in [0.717, 1.165) is 35.3 Å². The predicted molar refractivity (Wildman–Crippen MR) is 118 cm³/mol. The fourth-order valence-corrected chi connectivity index (χ4v) is 4.05. The molecule has 1 saturated heterocycles. The van der Waals surface area contributed by atoms with Crippen molar-refractivity contribution in [2.45, 2.75) is 19.9 Å². The van der Waals surface area contributed by atoms with Crippen LogP contribution in [0.15, 0.2) is 59.3 Å². The molecule has 2 aromatic heterocycles. The van der Waals surface area contributed by atoms with E-state index in [2.05, 4.69) is 32.2 Å². The standard InChI is InChI=1S/C24H25N5O2/c1-17-6-8-18(9-7-17)24(30)29-12-10-28(11-13-29)16-22-26-23(31-27-22)14-19-15-25-21-5-3-2-4-20(19)21/h2-9,15,25H,10-14,16H2,1H3. The molecule has 5 rings (SSSR count). The summed E-state index contributed by atoms with van der Waals surface area (Å²) in [5.41, 5.74) is 4.16. The lowest BCUT2D eigenvalue weighted by Gasteiger charge is -2.34. The Labute approximate surface area is 180 Å². The number of H-pyrrole nitrogens is 1. The maximum Gasteiger partial charge on any atom is 0.253 e. The summed E-state index contributed by atoms with van der Waals surface area (Å²) in [6.07, 6.45) is 2.61. The predicted octanol–water partition coefficient (Wildman–Crippen LogP) is 3.41. The first-order chi connectivity index (χ1) is 15.2. The zero-order valence-corrected chi connectivity index (χ0v) is 17.5. The Kier molecular flexibility index (Phi) is 5.26. The van der Waals surface area contributed by atoms with E-state index in [4.69, 9.17) is 4.52 Å². The monoisotopic (exact) mass is 415 g/mol. The first-order valence-corrected chi connectivity index (χ1v) is 10.6. The molecule has 1 amide bonds. The second-order valence-electron chi connectivity index (χ2n) is 8.07. The third kappa shape index (κ3) is 4.22. The van der Waals surface area contributed by atoms with Crippen LogP contribution in [-0.4, -0.2) is 57.0 Å². The van der Waals surface area contributed by atoms with Crippen LogP contribution >= 0.6 is 0 Å². The van der Waals surface area contributed by atoms with Gasteiger partial charge in [-0.05, 0) is 30.7 Å². The van der Waals surface area contributed by atoms with E-state index in [1.165, 1.54) is 5.39 Å². The van der Waals surface area contributed by atoms with E-state index in [1.54, 1.807) is 0 Å². The highest BCUT2D eigenvalue weighted by Crippen LogP contribution is 2.20. The molecule has 1 aliphatic rings. The molecule has 1 aliphatic heterocycles. The molecule has 0 bridgehead atoms. The molecular formula is C24H25N5O2. The van der Waals surface area contributed by atoms with Gasteiger partial charge in [0, 0.05) is 48.8 Å². The topological polar surface area (TPSA) is 78.3 Å². The molecule has 1 fully saturated rings. The number of rotatable bonds is 5. The van der Waals surface area contributed by atoms with Crippen molar-refractivity contribution in [2.24, 2.45) is 0 Å². The normalized spacial score (nSPS) is 14.9. The molecule has 4 aromatic rings. The lowest BCUT2D eigenvalue weighted by Crippen LogP contribution is -2.48. The number of hydrogen-bond donors (Lipinski definition) is 1. The van der Waals surface area contributed by atoms with Gasteiger partial charge < -0.3 is 14.4 Å². The highest BCUT2D eigenvalue weighted by atomic mass is 16.5. The number of benzene rings is 2. The van der Waals surface area contributed by atoms with Gasteiger partial charge in [-0.1, -0.05) is 41.1 Å². The average Bonchev–Trinajstić information content (AvgIpc) is 3.42. The number of hydrogen-bond acceptors (Lipinski definition) is 5. The van der Waals surface area contributed by atoms with Crippen LogP contribution in [0.2, 0.25) is 0 Å². The Balaban J connectivity index is 1.16. The number of carbonyl (C=O) groups is 1. The van der Waals surface area contributed by atoms with Gasteiger partial charge in [-0.2, -0.15) is 4.98 Å². The lowest BCUT2D eigenvalue weighted by atomic mass is 10.1. The maximum atomic E-state index is 12.7. The van der Waals surface area contributed by atoms with E-state index in [0.29, 0.717) is 37.8 Å². The van der Waals surface area contributed by atoms with E-state index < -0.39 is 0 Å². The van der Waals surface area contributed by atoms with Gasteiger partial charge in [0.1, 0.15) is 0 Å². The van der Waals surface area contributed by atoms with Gasteiger partial charge in [-0.15, -0.1) is 0 Å². The SMILES string of the molecule is Cc1ccc(C(=O)N2CCN(Cc3noc(Cc4c[nH]c5ccccc45)n3)CC2)cc1. The fraction of sp³-hybridized carbons (Fsp3) is 0.292. The Morgan fingerprint density at radius 3 is 2.65 bits per heavy atom. The summed E-state index contributed by atoms with van der Waals surface area (Å²) in [4.78, 5) is 24.7. The second-order valence-corrected chi connectivity index (χ2v) is 8.07. The van der Waals surface area contributed by atoms with Gasteiger partial charge in [0.2, 0.25) is 5.89 Å². The summed E-state index contributed by atoms with van der Waals surface area (Å²) in [5, 5.41) is 5.34. The Morgan fingerprint density at radius 1 is 1.06 bits per heavy atom. The summed E-state index contributed by atoms with van der Waals surface area (Å²) >= 11 is 0. The fourth-order valence-electron chi connectivity index (χ4n) is 4.05. The maximum absolute atomic E-state index is 12.7. The molecule has 7 nitrogen and oxygen atoms in total. The molecule has 158 valence electrons. The molecule has 0 unspecified atom stereocenters. The number of aromatic amines is 1. The van der Waals surface area contributed by atoms with Crippen LogP contribution in [0.5, 0.6) is 0 Å². The van der Waals surface area contributed by atoms with Crippen molar-refractivity contribution >= 4 is 16.8 Å². The quantitative estimate of drug-likeness (QED) is 0.540. The first kappa shape index (κ1) is 19.5. The van der Waals surface area contributed by atoms with Gasteiger partial charge in [0.05, 0.1) is 13.0 Å². The van der Waals surface area contributed by atoms with Crippen molar-refractivity contribution in [3.8, 4) is 0 Å². The number of fused-ring (bicyclic) bond motifs is 1. The zero-order chi connectivity index (χ0) is 21.2. The number of para-hydroxylation sites is 1. The number of aryl methyl sites for hydroxylation is 1. The number of nitrogens with one attached hydrogen (secondary N) is 1. The lowest BCUT2D eigenvalue weighted by molar-refractivity contribution is 0.0624. The third-order valence-corrected chi connectivity index (χ3v) is 5.85. The third-order valence-electron chi connectivity index (χ3n) is 5.85. The number of aromatic nitrogens is 3. The molecule has 0 saturated carbocycles. The molecule has 0 radical (unpaired) electrons. The van der Waals surface area contributed by atoms with E-state index in [-0.39, 0.29) is 5.91 Å². The summed E-state index contributed by atoms with van der Waals surface area (Å²) < 4.78 is 5.49. The van der Waals surface area contributed by atoms with Gasteiger partial charge in [0.15, 0.2) is 5.82 Å². The first-order valence-electron chi connectivity index (χ1n) is 10.6. The van der Waals surface area contributed by atoms with Crippen molar-refractivity contribution < 1.29 is 9.32 Å². The Morgan fingerprint density at radius 2 is 1.84 bits per heavy atom. The number of piperazine rings is 1. The Hall–Kier alpha value is -3.45. The second kappa shape index (κ2) is 8.35. The largest absolute Gasteiger partial charge is 0.361 e. The van der Waals surface area contributed by atoms with Gasteiger partial charge in [-0.3, -0.25) is 9.69 Å². The van der Waals surface area contributed by atoms with Gasteiger partial charge in [-0.25, -0.2) is 0 Å². The van der Waals surface area contributed by atoms with Crippen molar-refractivity contribution in [1.29, 1.82) is 0 Å². The van der Waals surface area contributed by atoms with Gasteiger partial charge in [0.25, 0.3) is 5.91 Å². The minimum Gasteiger partial charge on any atom is -0.361 e. The van der Waals surface area contributed by atoms with Crippen molar-refractivity contribution in [3.05, 3.63) is 83.1 Å². The summed E-state index contributed by atoms with van der Waals surface area (Å²) in [7, 11) is 0. The molecule has 1 N–H and O–H groups in total. The van der Waals surface area contributed by atoms with Crippen molar-refractivity contribution in [3.63, 3.8) is 0 Å². The van der Waals surface area contributed by atoms with Crippen LogP contribution in [0.3, 0.4) is 0 Å². The number of nitrogens with zero attached hydrogens (tertiary/aromatic N) is 4. The average molecular weight is 415 g/mol. The van der Waals surface area contributed by atoms with Crippen LogP contribution < -0.4 is 0 Å². The van der Waals surface area contributed by atoms with E-state index >= 15 is 0 Å². The minimum absolute atomic E-state index is 0.0974. The molecule has 0 aliphatic carbocycles. The van der Waals surface area contributed by atoms with Crippen LogP contribution in [0.25, 0.3) is 10.9 Å². The van der Waals surface area contributed by atoms with Crippen LogP contribution in [-0.2, 0) is 13.0 Å². The van der Waals surface area contributed by atoms with Crippen LogP contribution in [0.1, 0.15) is 33.2 Å². The minimum atomic E-state index is 0.0974. The Bertz CT molecular complexity index is 1190. The summed E-state index contributed by atoms with van der Waals surface area (Å²) in [6.45, 7) is 5.65. The molecule has 31 heavy (non-hydrogen) atoms. The van der Waals surface area contributed by atoms with Crippen LogP contribution in [0.4, 0.5) is 0 Å². The van der Waals surface area contributed by atoms with Crippen molar-refractivity contribution in [1.82, 2.24) is 24.9 Å². The highest BCUT2D eigenvalue weighted by molar-refractivity contribution is 5.94.